The molecule has 0 aliphatic heterocycles. The number of nitrogens with zero attached hydrogens (tertiary/aromatic N) is 1. The molecule has 0 aliphatic carbocycles. The van der Waals surface area contributed by atoms with Gasteiger partial charge in [-0.05, 0) is 55.3 Å². The highest BCUT2D eigenvalue weighted by molar-refractivity contribution is 7.93. The Morgan fingerprint density at radius 1 is 1.09 bits per heavy atom. The van der Waals surface area contributed by atoms with Crippen molar-refractivity contribution in [3.05, 3.63) is 88.4 Å². The number of carboxylic acid groups (broad SMARTS) is 1. The zero-order valence-electron chi connectivity index (χ0n) is 18.3. The number of aromatic nitrogens is 1. The monoisotopic (exact) mass is 477 g/mol. The van der Waals surface area contributed by atoms with Gasteiger partial charge in [0.15, 0.2) is 9.84 Å². The van der Waals surface area contributed by atoms with Crippen LogP contribution in [0.1, 0.15) is 21.6 Å². The van der Waals surface area contributed by atoms with Crippen LogP contribution in [0, 0.1) is 24.7 Å². The lowest BCUT2D eigenvalue weighted by Crippen LogP contribution is -2.25. The van der Waals surface area contributed by atoms with Crippen molar-refractivity contribution in [1.29, 1.82) is 0 Å². The Bertz CT molecular complexity index is 1490. The summed E-state index contributed by atoms with van der Waals surface area (Å²) in [6.07, 6.45) is 2.02. The van der Waals surface area contributed by atoms with E-state index >= 15 is 0 Å². The maximum Gasteiger partial charge on any atom is 0.307 e. The highest BCUT2D eigenvalue weighted by Crippen LogP contribution is 2.28. The minimum Gasteiger partial charge on any atom is -0.481 e. The SMILES string of the molecule is Cc1ccc2c(c1)c(C[C@@H](CS(=O)(=O)c1ccc(C#Cc3ccccc3)s1)C(=O)O)cn2C. The van der Waals surface area contributed by atoms with Gasteiger partial charge >= 0.3 is 5.97 Å². The van der Waals surface area contributed by atoms with E-state index in [1.807, 2.05) is 73.3 Å². The second-order valence-electron chi connectivity index (χ2n) is 8.04. The molecule has 4 aromatic rings. The molecule has 0 saturated carbocycles. The van der Waals surface area contributed by atoms with Crippen molar-refractivity contribution in [2.45, 2.75) is 17.6 Å². The van der Waals surface area contributed by atoms with Gasteiger partial charge in [-0.15, -0.1) is 11.3 Å². The van der Waals surface area contributed by atoms with E-state index in [0.29, 0.717) is 4.88 Å². The van der Waals surface area contributed by atoms with E-state index < -0.39 is 27.5 Å². The van der Waals surface area contributed by atoms with Gasteiger partial charge in [0.1, 0.15) is 4.21 Å². The summed E-state index contributed by atoms with van der Waals surface area (Å²) >= 11 is 1.07. The minimum atomic E-state index is -3.78. The molecule has 0 amide bonds. The number of sulfone groups is 1. The molecule has 5 nitrogen and oxygen atoms in total. The van der Waals surface area contributed by atoms with Crippen LogP contribution in [0.2, 0.25) is 0 Å². The molecule has 2 aromatic heterocycles. The van der Waals surface area contributed by atoms with Crippen LogP contribution in [0.3, 0.4) is 0 Å². The first-order chi connectivity index (χ1) is 15.7. The fraction of sp³-hybridized carbons (Fsp3) is 0.192. The third-order valence-electron chi connectivity index (χ3n) is 5.46. The summed E-state index contributed by atoms with van der Waals surface area (Å²) in [5.74, 6) is 3.36. The van der Waals surface area contributed by atoms with Gasteiger partial charge in [-0.2, -0.15) is 0 Å². The Balaban J connectivity index is 1.56. The number of benzene rings is 2. The largest absolute Gasteiger partial charge is 0.481 e. The summed E-state index contributed by atoms with van der Waals surface area (Å²) < 4.78 is 28.2. The topological polar surface area (TPSA) is 76.4 Å². The summed E-state index contributed by atoms with van der Waals surface area (Å²) in [7, 11) is -1.88. The first-order valence-electron chi connectivity index (χ1n) is 10.4. The van der Waals surface area contributed by atoms with Gasteiger partial charge in [0.2, 0.25) is 0 Å². The molecule has 1 atom stereocenters. The molecule has 0 fully saturated rings. The summed E-state index contributed by atoms with van der Waals surface area (Å²) in [6.45, 7) is 1.98. The van der Waals surface area contributed by atoms with Crippen LogP contribution in [-0.2, 0) is 28.1 Å². The van der Waals surface area contributed by atoms with Gasteiger partial charge in [-0.3, -0.25) is 4.79 Å². The van der Waals surface area contributed by atoms with E-state index in [1.165, 1.54) is 6.07 Å². The van der Waals surface area contributed by atoms with Crippen LogP contribution in [0.15, 0.2) is 71.1 Å². The van der Waals surface area contributed by atoms with Crippen LogP contribution in [0.5, 0.6) is 0 Å². The third-order valence-corrected chi connectivity index (χ3v) is 8.85. The van der Waals surface area contributed by atoms with E-state index in [9.17, 15) is 18.3 Å². The molecular weight excluding hydrogens is 454 g/mol. The maximum atomic E-state index is 13.0. The van der Waals surface area contributed by atoms with Gasteiger partial charge in [-0.1, -0.05) is 41.7 Å². The number of aryl methyl sites for hydroxylation is 2. The van der Waals surface area contributed by atoms with E-state index in [2.05, 4.69) is 11.8 Å². The Kier molecular flexibility index (Phi) is 6.41. The third kappa shape index (κ3) is 5.19. The zero-order valence-corrected chi connectivity index (χ0v) is 19.9. The first-order valence-corrected chi connectivity index (χ1v) is 12.9. The number of thiophene rings is 1. The summed E-state index contributed by atoms with van der Waals surface area (Å²) in [6, 6.07) is 18.6. The van der Waals surface area contributed by atoms with Crippen molar-refractivity contribution in [3.8, 4) is 11.8 Å². The highest BCUT2D eigenvalue weighted by Gasteiger charge is 2.29. The van der Waals surface area contributed by atoms with Crippen molar-refractivity contribution < 1.29 is 18.3 Å². The first kappa shape index (κ1) is 22.8. The summed E-state index contributed by atoms with van der Waals surface area (Å²) in [5, 5.41) is 10.8. The second kappa shape index (κ2) is 9.26. The predicted molar refractivity (Wildman–Crippen MR) is 131 cm³/mol. The van der Waals surface area contributed by atoms with Crippen LogP contribution in [0.4, 0.5) is 0 Å². The van der Waals surface area contributed by atoms with Gasteiger partial charge in [0, 0.05) is 29.7 Å². The maximum absolute atomic E-state index is 13.0. The summed E-state index contributed by atoms with van der Waals surface area (Å²) in [5.41, 5.74) is 3.73. The Labute approximate surface area is 197 Å². The Morgan fingerprint density at radius 3 is 2.58 bits per heavy atom. The van der Waals surface area contributed by atoms with Gasteiger partial charge in [0.25, 0.3) is 0 Å². The lowest BCUT2D eigenvalue weighted by Gasteiger charge is -2.12. The number of rotatable bonds is 6. The molecule has 2 heterocycles. The molecule has 2 aromatic carbocycles. The van der Waals surface area contributed by atoms with Crippen LogP contribution >= 0.6 is 11.3 Å². The van der Waals surface area contributed by atoms with Crippen molar-refractivity contribution in [1.82, 2.24) is 4.57 Å². The van der Waals surface area contributed by atoms with E-state index in [0.717, 1.165) is 38.9 Å². The van der Waals surface area contributed by atoms with Gasteiger partial charge in [0.05, 0.1) is 16.5 Å². The fourth-order valence-electron chi connectivity index (χ4n) is 3.79. The Morgan fingerprint density at radius 2 is 1.85 bits per heavy atom. The molecule has 33 heavy (non-hydrogen) atoms. The molecular formula is C26H23NO4S2. The normalized spacial score (nSPS) is 12.3. The molecule has 0 bridgehead atoms. The fourth-order valence-corrected chi connectivity index (χ4v) is 6.59. The lowest BCUT2D eigenvalue weighted by molar-refractivity contribution is -0.140. The molecule has 0 aliphatic rings. The standard InChI is InChI=1S/C26H23NO4S2/c1-18-8-12-24-23(14-18)20(16-27(24)2)15-21(26(28)29)17-33(30,31)25-13-11-22(32-25)10-9-19-6-4-3-5-7-19/h3-8,11-14,16,21H,15,17H2,1-2H3,(H,28,29)/t21-/m0/s1. The van der Waals surface area contributed by atoms with Crippen molar-refractivity contribution in [2.24, 2.45) is 13.0 Å². The number of hydrogen-bond donors (Lipinski definition) is 1. The molecule has 0 radical (unpaired) electrons. The molecule has 0 unspecified atom stereocenters. The predicted octanol–water partition coefficient (Wildman–Crippen LogP) is 4.67. The van der Waals surface area contributed by atoms with Crippen molar-refractivity contribution in [3.63, 3.8) is 0 Å². The van der Waals surface area contributed by atoms with Crippen LogP contribution in [0.25, 0.3) is 10.9 Å². The lowest BCUT2D eigenvalue weighted by atomic mass is 10.00. The van der Waals surface area contributed by atoms with Crippen LogP contribution < -0.4 is 0 Å². The van der Waals surface area contributed by atoms with Crippen molar-refractivity contribution >= 4 is 38.0 Å². The number of carboxylic acids is 1. The van der Waals surface area contributed by atoms with Crippen molar-refractivity contribution in [2.75, 3.05) is 5.75 Å². The van der Waals surface area contributed by atoms with E-state index in [1.54, 1.807) is 6.07 Å². The molecule has 0 spiro atoms. The molecule has 1 N–H and O–H groups in total. The average molecular weight is 478 g/mol. The highest BCUT2D eigenvalue weighted by atomic mass is 32.2. The van der Waals surface area contributed by atoms with E-state index in [4.69, 9.17) is 0 Å². The zero-order chi connectivity index (χ0) is 23.6. The van der Waals surface area contributed by atoms with Crippen LogP contribution in [-0.4, -0.2) is 29.8 Å². The molecule has 168 valence electrons. The van der Waals surface area contributed by atoms with Gasteiger partial charge < -0.3 is 9.67 Å². The number of hydrogen-bond acceptors (Lipinski definition) is 4. The van der Waals surface area contributed by atoms with E-state index in [-0.39, 0.29) is 10.6 Å². The molecule has 0 saturated heterocycles. The number of fused-ring (bicyclic) bond motifs is 1. The summed E-state index contributed by atoms with van der Waals surface area (Å²) in [4.78, 5) is 12.6. The number of carbonyl (C=O) groups is 1. The average Bonchev–Trinajstić information content (AvgIpc) is 3.38. The van der Waals surface area contributed by atoms with Gasteiger partial charge in [-0.25, -0.2) is 8.42 Å². The minimum absolute atomic E-state index is 0.139. The second-order valence-corrected chi connectivity index (χ2v) is 11.4. The molecule has 4 rings (SSSR count). The Hall–Kier alpha value is -3.34. The number of aliphatic carboxylic acids is 1. The quantitative estimate of drug-likeness (QED) is 0.410. The smallest absolute Gasteiger partial charge is 0.307 e. The molecule has 7 heteroatoms.